The Hall–Kier alpha value is -3.77. The molecule has 0 unspecified atom stereocenters. The minimum Gasteiger partial charge on any atom is -0.481 e. The summed E-state index contributed by atoms with van der Waals surface area (Å²) in [6.07, 6.45) is 9.40. The van der Waals surface area contributed by atoms with E-state index in [4.69, 9.17) is 23.7 Å². The third-order valence-corrected chi connectivity index (χ3v) is 7.78. The fraction of sp³-hybridized carbons (Fsp3) is 0.500. The average molecular weight is 598 g/mol. The second kappa shape index (κ2) is 14.9. The third kappa shape index (κ3) is 10.6. The van der Waals surface area contributed by atoms with Gasteiger partial charge < -0.3 is 28.6 Å². The van der Waals surface area contributed by atoms with Gasteiger partial charge in [-0.1, -0.05) is 36.9 Å². The Morgan fingerprint density at radius 1 is 1.19 bits per heavy atom. The van der Waals surface area contributed by atoms with Crippen LogP contribution in [-0.4, -0.2) is 59.0 Å². The van der Waals surface area contributed by atoms with Crippen LogP contribution in [0.1, 0.15) is 62.4 Å². The van der Waals surface area contributed by atoms with Gasteiger partial charge in [0.1, 0.15) is 30.1 Å². The highest BCUT2D eigenvalue weighted by Crippen LogP contribution is 2.29. The number of Topliss-reactive ketones (excluding diaryl/α,β-unsaturated/α-hetero) is 1. The van der Waals surface area contributed by atoms with E-state index in [1.165, 1.54) is 6.26 Å². The number of amides is 1. The van der Waals surface area contributed by atoms with Crippen LogP contribution in [-0.2, 0) is 16.2 Å². The topological polar surface area (TPSA) is 131 Å². The van der Waals surface area contributed by atoms with Gasteiger partial charge in [-0.15, -0.1) is 0 Å². The minimum absolute atomic E-state index is 0.0992. The van der Waals surface area contributed by atoms with Gasteiger partial charge in [0.05, 0.1) is 24.4 Å². The van der Waals surface area contributed by atoms with Gasteiger partial charge >= 0.3 is 6.09 Å². The van der Waals surface area contributed by atoms with Crippen LogP contribution in [0.15, 0.2) is 53.5 Å². The highest BCUT2D eigenvalue weighted by atomic mass is 28.3. The molecule has 0 aromatic carbocycles. The SMILES string of the molecule is COc1ncccc1-c1cn(COCC[Si](C)(C)C)c([C@H](C/C=C/CCC(=O)c2ccon2)NC(=O)OC(C)(C)C)n1. The Morgan fingerprint density at radius 3 is 2.64 bits per heavy atom. The summed E-state index contributed by atoms with van der Waals surface area (Å²) in [7, 11) is 0.287. The van der Waals surface area contributed by atoms with E-state index in [0.717, 1.165) is 11.6 Å². The Balaban J connectivity index is 1.87. The molecular formula is C30H43N5O6Si. The summed E-state index contributed by atoms with van der Waals surface area (Å²) in [6, 6.07) is 5.74. The van der Waals surface area contributed by atoms with Gasteiger partial charge in [0.15, 0.2) is 5.78 Å². The number of imidazole rings is 1. The van der Waals surface area contributed by atoms with E-state index in [-0.39, 0.29) is 18.9 Å². The van der Waals surface area contributed by atoms with Crippen LogP contribution in [0.25, 0.3) is 11.3 Å². The largest absolute Gasteiger partial charge is 0.481 e. The van der Waals surface area contributed by atoms with Crippen LogP contribution in [0.2, 0.25) is 25.7 Å². The Labute approximate surface area is 248 Å². The normalized spacial score (nSPS) is 12.8. The number of carbonyl (C=O) groups is 2. The van der Waals surface area contributed by atoms with E-state index in [1.807, 2.05) is 55.8 Å². The Kier molecular flexibility index (Phi) is 11.6. The molecule has 0 saturated heterocycles. The molecular weight excluding hydrogens is 554 g/mol. The van der Waals surface area contributed by atoms with Crippen molar-refractivity contribution in [2.24, 2.45) is 0 Å². The second-order valence-electron chi connectivity index (χ2n) is 12.1. The molecule has 0 fully saturated rings. The van der Waals surface area contributed by atoms with Crippen LogP contribution >= 0.6 is 0 Å². The monoisotopic (exact) mass is 597 g/mol. The van der Waals surface area contributed by atoms with Crippen LogP contribution in [0.3, 0.4) is 0 Å². The molecule has 3 aromatic heterocycles. The molecule has 11 nitrogen and oxygen atoms in total. The van der Waals surface area contributed by atoms with Gasteiger partial charge in [-0.05, 0) is 51.8 Å². The van der Waals surface area contributed by atoms with Gasteiger partial charge in [-0.3, -0.25) is 4.79 Å². The van der Waals surface area contributed by atoms with E-state index in [1.54, 1.807) is 19.4 Å². The fourth-order valence-electron chi connectivity index (χ4n) is 3.96. The first kappa shape index (κ1) is 32.7. The van der Waals surface area contributed by atoms with Crippen molar-refractivity contribution in [2.75, 3.05) is 13.7 Å². The first-order valence-electron chi connectivity index (χ1n) is 14.1. The van der Waals surface area contributed by atoms with Crippen molar-refractivity contribution in [3.8, 4) is 17.1 Å². The molecule has 0 radical (unpaired) electrons. The van der Waals surface area contributed by atoms with Crippen molar-refractivity contribution < 1.29 is 28.3 Å². The number of ketones is 1. The maximum Gasteiger partial charge on any atom is 0.408 e. The predicted molar refractivity (Wildman–Crippen MR) is 162 cm³/mol. The lowest BCUT2D eigenvalue weighted by Crippen LogP contribution is -2.36. The van der Waals surface area contributed by atoms with E-state index in [9.17, 15) is 9.59 Å². The number of pyridine rings is 1. The van der Waals surface area contributed by atoms with E-state index < -0.39 is 25.8 Å². The van der Waals surface area contributed by atoms with E-state index >= 15 is 0 Å². The summed E-state index contributed by atoms with van der Waals surface area (Å²) in [5.41, 5.74) is 1.000. The highest BCUT2D eigenvalue weighted by molar-refractivity contribution is 6.76. The summed E-state index contributed by atoms with van der Waals surface area (Å²) < 4.78 is 23.8. The van der Waals surface area contributed by atoms with Crippen LogP contribution in [0.5, 0.6) is 5.88 Å². The highest BCUT2D eigenvalue weighted by Gasteiger charge is 2.25. The number of carbonyl (C=O) groups excluding carboxylic acids is 2. The molecule has 3 rings (SSSR count). The van der Waals surface area contributed by atoms with Crippen molar-refractivity contribution in [1.82, 2.24) is 25.0 Å². The number of nitrogens with one attached hydrogen (secondary N) is 1. The third-order valence-electron chi connectivity index (χ3n) is 6.08. The molecule has 228 valence electrons. The minimum atomic E-state index is -1.28. The lowest BCUT2D eigenvalue weighted by molar-refractivity contribution is 0.0492. The summed E-state index contributed by atoms with van der Waals surface area (Å²) in [5, 5.41) is 6.67. The van der Waals surface area contributed by atoms with Crippen LogP contribution in [0.4, 0.5) is 4.79 Å². The molecule has 1 atom stereocenters. The van der Waals surface area contributed by atoms with Crippen LogP contribution in [0, 0.1) is 0 Å². The first-order chi connectivity index (χ1) is 19.9. The van der Waals surface area contributed by atoms with E-state index in [0.29, 0.717) is 42.5 Å². The maximum absolute atomic E-state index is 12.9. The number of alkyl carbamates (subject to hydrolysis) is 1. The van der Waals surface area contributed by atoms with Gasteiger partial charge in [0, 0.05) is 39.6 Å². The number of aromatic nitrogens is 4. The molecule has 12 heteroatoms. The lowest BCUT2D eigenvalue weighted by Gasteiger charge is -2.23. The zero-order valence-corrected chi connectivity index (χ0v) is 26.7. The number of ether oxygens (including phenoxy) is 3. The zero-order chi connectivity index (χ0) is 30.8. The summed E-state index contributed by atoms with van der Waals surface area (Å²) in [4.78, 5) is 34.4. The molecule has 1 amide bonds. The van der Waals surface area contributed by atoms with Crippen molar-refractivity contribution in [3.63, 3.8) is 0 Å². The second-order valence-corrected chi connectivity index (χ2v) is 17.7. The molecule has 1 N–H and O–H groups in total. The number of allylic oxidation sites excluding steroid dienone is 1. The lowest BCUT2D eigenvalue weighted by atomic mass is 10.1. The van der Waals surface area contributed by atoms with Crippen molar-refractivity contribution in [1.29, 1.82) is 0 Å². The standard InChI is InChI=1S/C30H43N5O6Si/c1-30(2,3)41-29(37)33-24(13-9-8-10-14-26(36)23-15-17-40-34-23)27-32-25(22-12-11-16-31-28(22)38-4)20-35(27)21-39-18-19-42(5,6)7/h8-9,11-12,15-17,20,24H,10,13-14,18-19,21H2,1-7H3,(H,33,37)/b9-8+/t24-/m0/s1. The molecule has 3 heterocycles. The number of methoxy groups -OCH3 is 1. The van der Waals surface area contributed by atoms with Crippen molar-refractivity contribution in [3.05, 3.63) is 60.5 Å². The summed E-state index contributed by atoms with van der Waals surface area (Å²) in [6.45, 7) is 13.2. The molecule has 0 bridgehead atoms. The molecule has 0 aliphatic heterocycles. The number of hydrogen-bond donors (Lipinski definition) is 1. The number of rotatable bonds is 15. The zero-order valence-electron chi connectivity index (χ0n) is 25.7. The summed E-state index contributed by atoms with van der Waals surface area (Å²) >= 11 is 0. The maximum atomic E-state index is 12.9. The Bertz CT molecular complexity index is 1320. The fourth-order valence-corrected chi connectivity index (χ4v) is 4.72. The molecule has 0 aliphatic rings. The smallest absolute Gasteiger partial charge is 0.408 e. The molecule has 42 heavy (non-hydrogen) atoms. The van der Waals surface area contributed by atoms with Gasteiger partial charge in [-0.2, -0.15) is 0 Å². The number of nitrogens with zero attached hydrogens (tertiary/aromatic N) is 4. The average Bonchev–Trinajstić information content (AvgIpc) is 3.59. The molecule has 3 aromatic rings. The molecule has 0 aliphatic carbocycles. The number of hydrogen-bond acceptors (Lipinski definition) is 9. The quantitative estimate of drug-likeness (QED) is 0.0911. The van der Waals surface area contributed by atoms with Gasteiger partial charge in [-0.25, -0.2) is 14.8 Å². The van der Waals surface area contributed by atoms with Gasteiger partial charge in [0.2, 0.25) is 5.88 Å². The van der Waals surface area contributed by atoms with Crippen LogP contribution < -0.4 is 10.1 Å². The molecule has 0 saturated carbocycles. The predicted octanol–water partition coefficient (Wildman–Crippen LogP) is 6.43. The van der Waals surface area contributed by atoms with Crippen molar-refractivity contribution in [2.45, 2.75) is 84.1 Å². The van der Waals surface area contributed by atoms with Crippen molar-refractivity contribution >= 4 is 20.0 Å². The Morgan fingerprint density at radius 2 is 1.98 bits per heavy atom. The van der Waals surface area contributed by atoms with Gasteiger partial charge in [0.25, 0.3) is 0 Å². The molecule has 0 spiro atoms. The van der Waals surface area contributed by atoms with E-state index in [2.05, 4.69) is 35.1 Å². The first-order valence-corrected chi connectivity index (χ1v) is 17.8. The summed E-state index contributed by atoms with van der Waals surface area (Å²) in [5.74, 6) is 0.942.